The first kappa shape index (κ1) is 11.1. The number of aliphatic hydroxyl groups excluding tert-OH is 2. The highest BCUT2D eigenvalue weighted by atomic mass is 16.3. The van der Waals surface area contributed by atoms with Crippen molar-refractivity contribution in [3.63, 3.8) is 0 Å². The predicted molar refractivity (Wildman–Crippen MR) is 63.8 cm³/mol. The van der Waals surface area contributed by atoms with Crippen LogP contribution in [0.5, 0.6) is 11.5 Å². The average Bonchev–Trinajstić information content (AvgIpc) is 2.27. The third kappa shape index (κ3) is 2.42. The van der Waals surface area contributed by atoms with E-state index in [0.29, 0.717) is 5.56 Å². The minimum absolute atomic E-state index is 0.00998. The number of hydrogen-bond acceptors (Lipinski definition) is 4. The van der Waals surface area contributed by atoms with E-state index >= 15 is 0 Å². The van der Waals surface area contributed by atoms with Gasteiger partial charge in [0, 0.05) is 18.1 Å². The second-order valence-electron chi connectivity index (χ2n) is 3.80. The van der Waals surface area contributed by atoms with Crippen LogP contribution in [0.25, 0.3) is 6.08 Å². The standard InChI is InChI=1S/C13H12O4/c14-10-3-2-9(12(16)7-10)5-8-1-4-11(15)13(17)6-8/h1-5,7,14-17H,6H2/b8-5+. The van der Waals surface area contributed by atoms with Crippen LogP contribution in [0.2, 0.25) is 0 Å². The van der Waals surface area contributed by atoms with Crippen LogP contribution in [0.4, 0.5) is 0 Å². The molecule has 1 aliphatic carbocycles. The molecule has 17 heavy (non-hydrogen) atoms. The molecule has 0 aromatic heterocycles. The molecule has 1 aromatic carbocycles. The van der Waals surface area contributed by atoms with E-state index in [1.807, 2.05) is 0 Å². The van der Waals surface area contributed by atoms with Crippen molar-refractivity contribution in [2.45, 2.75) is 6.42 Å². The van der Waals surface area contributed by atoms with Gasteiger partial charge in [-0.3, -0.25) is 0 Å². The number of rotatable bonds is 1. The fourth-order valence-corrected chi connectivity index (χ4v) is 1.58. The largest absolute Gasteiger partial charge is 0.508 e. The Hall–Kier alpha value is -2.36. The summed E-state index contributed by atoms with van der Waals surface area (Å²) in [4.78, 5) is 0. The molecule has 0 aliphatic heterocycles. The molecule has 0 radical (unpaired) electrons. The van der Waals surface area contributed by atoms with Gasteiger partial charge in [0.15, 0.2) is 5.76 Å². The molecule has 0 unspecified atom stereocenters. The molecule has 0 fully saturated rings. The van der Waals surface area contributed by atoms with Gasteiger partial charge >= 0.3 is 0 Å². The van der Waals surface area contributed by atoms with Crippen LogP contribution in [0.3, 0.4) is 0 Å². The van der Waals surface area contributed by atoms with Gasteiger partial charge in [0.1, 0.15) is 17.3 Å². The van der Waals surface area contributed by atoms with E-state index in [1.54, 1.807) is 18.2 Å². The number of aromatic hydroxyl groups is 2. The maximum Gasteiger partial charge on any atom is 0.153 e. The van der Waals surface area contributed by atoms with Crippen LogP contribution in [0.1, 0.15) is 12.0 Å². The molecule has 0 bridgehead atoms. The Balaban J connectivity index is 2.30. The van der Waals surface area contributed by atoms with Gasteiger partial charge in [-0.2, -0.15) is 0 Å². The summed E-state index contributed by atoms with van der Waals surface area (Å²) in [7, 11) is 0. The second kappa shape index (κ2) is 4.25. The van der Waals surface area contributed by atoms with E-state index < -0.39 is 0 Å². The molecule has 1 aliphatic rings. The smallest absolute Gasteiger partial charge is 0.153 e. The van der Waals surface area contributed by atoms with Crippen LogP contribution in [0.15, 0.2) is 47.4 Å². The summed E-state index contributed by atoms with van der Waals surface area (Å²) in [5, 5.41) is 37.3. The summed E-state index contributed by atoms with van der Waals surface area (Å²) in [6.45, 7) is 0. The van der Waals surface area contributed by atoms with Crippen molar-refractivity contribution in [1.82, 2.24) is 0 Å². The SMILES string of the molecule is OC1=C(O)C/C(=C/c2ccc(O)cc2O)C=C1. The zero-order chi connectivity index (χ0) is 12.4. The van der Waals surface area contributed by atoms with Gasteiger partial charge < -0.3 is 20.4 Å². The third-order valence-corrected chi connectivity index (χ3v) is 2.48. The zero-order valence-electron chi connectivity index (χ0n) is 8.96. The number of allylic oxidation sites excluding steroid dienone is 3. The molecule has 0 spiro atoms. The normalized spacial score (nSPS) is 17.8. The molecule has 1 aromatic rings. The lowest BCUT2D eigenvalue weighted by Gasteiger charge is -2.09. The minimum atomic E-state index is -0.142. The summed E-state index contributed by atoms with van der Waals surface area (Å²) >= 11 is 0. The van der Waals surface area contributed by atoms with Crippen molar-refractivity contribution in [1.29, 1.82) is 0 Å². The Kier molecular flexibility index (Phi) is 2.78. The van der Waals surface area contributed by atoms with Gasteiger partial charge in [-0.25, -0.2) is 0 Å². The van der Waals surface area contributed by atoms with Crippen LogP contribution in [-0.2, 0) is 0 Å². The van der Waals surface area contributed by atoms with Crippen LogP contribution >= 0.6 is 0 Å². The van der Waals surface area contributed by atoms with Gasteiger partial charge in [-0.1, -0.05) is 6.08 Å². The van der Waals surface area contributed by atoms with E-state index in [2.05, 4.69) is 0 Å². The maximum atomic E-state index is 9.59. The summed E-state index contributed by atoms with van der Waals surface area (Å²) in [6.07, 6.45) is 4.93. The Morgan fingerprint density at radius 2 is 1.76 bits per heavy atom. The number of phenols is 2. The number of aliphatic hydroxyl groups is 2. The quantitative estimate of drug-likeness (QED) is 0.600. The molecule has 4 heteroatoms. The lowest BCUT2D eigenvalue weighted by Crippen LogP contribution is -1.95. The summed E-state index contributed by atoms with van der Waals surface area (Å²) < 4.78 is 0. The van der Waals surface area contributed by atoms with Gasteiger partial charge in [-0.15, -0.1) is 0 Å². The highest BCUT2D eigenvalue weighted by molar-refractivity contribution is 5.64. The lowest BCUT2D eigenvalue weighted by molar-refractivity contribution is 0.327. The minimum Gasteiger partial charge on any atom is -0.508 e. The first-order valence-electron chi connectivity index (χ1n) is 5.08. The molecule has 0 amide bonds. The van der Waals surface area contributed by atoms with Gasteiger partial charge in [-0.05, 0) is 29.9 Å². The summed E-state index contributed by atoms with van der Waals surface area (Å²) in [6, 6.07) is 4.28. The van der Waals surface area contributed by atoms with Crippen molar-refractivity contribution >= 4 is 6.08 Å². The van der Waals surface area contributed by atoms with Crippen LogP contribution in [0, 0.1) is 0 Å². The molecule has 0 saturated carbocycles. The number of hydrogen-bond donors (Lipinski definition) is 4. The second-order valence-corrected chi connectivity index (χ2v) is 3.80. The molecule has 88 valence electrons. The van der Waals surface area contributed by atoms with E-state index in [-0.39, 0.29) is 29.4 Å². The highest BCUT2D eigenvalue weighted by Gasteiger charge is 2.10. The fraction of sp³-hybridized carbons (Fsp3) is 0.0769. The monoisotopic (exact) mass is 232 g/mol. The maximum absolute atomic E-state index is 9.59. The Morgan fingerprint density at radius 3 is 2.41 bits per heavy atom. The van der Waals surface area contributed by atoms with E-state index in [4.69, 9.17) is 5.11 Å². The van der Waals surface area contributed by atoms with Crippen LogP contribution < -0.4 is 0 Å². The number of benzene rings is 1. The third-order valence-electron chi connectivity index (χ3n) is 2.48. The van der Waals surface area contributed by atoms with E-state index in [9.17, 15) is 15.3 Å². The highest BCUT2D eigenvalue weighted by Crippen LogP contribution is 2.27. The van der Waals surface area contributed by atoms with Crippen LogP contribution in [-0.4, -0.2) is 20.4 Å². The molecule has 0 atom stereocenters. The first-order chi connectivity index (χ1) is 8.06. The van der Waals surface area contributed by atoms with Crippen molar-refractivity contribution in [2.24, 2.45) is 0 Å². The average molecular weight is 232 g/mol. The fourth-order valence-electron chi connectivity index (χ4n) is 1.58. The van der Waals surface area contributed by atoms with Crippen molar-refractivity contribution in [3.8, 4) is 11.5 Å². The van der Waals surface area contributed by atoms with Crippen molar-refractivity contribution in [3.05, 3.63) is 53.0 Å². The Morgan fingerprint density at radius 1 is 1.00 bits per heavy atom. The molecule has 4 nitrogen and oxygen atoms in total. The lowest BCUT2D eigenvalue weighted by atomic mass is 10.0. The molecule has 0 saturated heterocycles. The van der Waals surface area contributed by atoms with E-state index in [1.165, 1.54) is 18.2 Å². The number of phenolic OH excluding ortho intramolecular Hbond substituents is 2. The Bertz CT molecular complexity index is 538. The summed E-state index contributed by atoms with van der Waals surface area (Å²) in [5.74, 6) is -0.289. The molecule has 0 heterocycles. The van der Waals surface area contributed by atoms with Gasteiger partial charge in [0.05, 0.1) is 0 Å². The molecule has 4 N–H and O–H groups in total. The zero-order valence-corrected chi connectivity index (χ0v) is 8.96. The van der Waals surface area contributed by atoms with Gasteiger partial charge in [0.25, 0.3) is 0 Å². The topological polar surface area (TPSA) is 80.9 Å². The van der Waals surface area contributed by atoms with Crippen molar-refractivity contribution < 1.29 is 20.4 Å². The van der Waals surface area contributed by atoms with E-state index in [0.717, 1.165) is 5.57 Å². The molecular weight excluding hydrogens is 220 g/mol. The van der Waals surface area contributed by atoms with Crippen molar-refractivity contribution in [2.75, 3.05) is 0 Å². The molecular formula is C13H12O4. The first-order valence-corrected chi connectivity index (χ1v) is 5.08. The Labute approximate surface area is 98.1 Å². The van der Waals surface area contributed by atoms with Gasteiger partial charge in [0.2, 0.25) is 0 Å². The predicted octanol–water partition coefficient (Wildman–Crippen LogP) is 2.77. The molecule has 2 rings (SSSR count). The summed E-state index contributed by atoms with van der Waals surface area (Å²) in [5.41, 5.74) is 1.29.